The number of thioether (sulfide) groups is 1. The summed E-state index contributed by atoms with van der Waals surface area (Å²) in [7, 11) is 0. The molecule has 1 amide bonds. The molecule has 0 aliphatic rings. The fraction of sp³-hybridized carbons (Fsp3) is 0.0455. The van der Waals surface area contributed by atoms with Crippen molar-refractivity contribution in [2.75, 3.05) is 5.32 Å². The molecule has 5 rings (SSSR count). The SMILES string of the molecule is O=C(Nc1nnc(-c2ccccc2)s1)c1oc2ccccc2c1CSc1ncccn1. The number of carbonyl (C=O) groups excluding carboxylic acids is 1. The number of carbonyl (C=O) groups is 1. The first-order chi connectivity index (χ1) is 15.3. The summed E-state index contributed by atoms with van der Waals surface area (Å²) in [6, 6.07) is 19.1. The maximum absolute atomic E-state index is 13.1. The van der Waals surface area contributed by atoms with Crippen LogP contribution in [0.1, 0.15) is 16.1 Å². The minimum Gasteiger partial charge on any atom is -0.451 e. The first kappa shape index (κ1) is 19.4. The predicted octanol–water partition coefficient (Wildman–Crippen LogP) is 5.29. The zero-order valence-electron chi connectivity index (χ0n) is 16.1. The van der Waals surface area contributed by atoms with Crippen molar-refractivity contribution in [3.05, 3.63) is 84.4 Å². The van der Waals surface area contributed by atoms with Gasteiger partial charge in [0.15, 0.2) is 10.9 Å². The smallest absolute Gasteiger partial charge is 0.293 e. The van der Waals surface area contributed by atoms with E-state index in [2.05, 4.69) is 25.5 Å². The number of nitrogens with zero attached hydrogens (tertiary/aromatic N) is 4. The second-order valence-corrected chi connectivity index (χ2v) is 8.38. The van der Waals surface area contributed by atoms with Crippen LogP contribution in [0.25, 0.3) is 21.5 Å². The monoisotopic (exact) mass is 445 g/mol. The van der Waals surface area contributed by atoms with Gasteiger partial charge in [0.05, 0.1) is 0 Å². The van der Waals surface area contributed by atoms with Gasteiger partial charge in [0, 0.05) is 34.7 Å². The number of furan rings is 1. The molecular formula is C22H15N5O2S2. The summed E-state index contributed by atoms with van der Waals surface area (Å²) < 4.78 is 5.90. The number of amides is 1. The first-order valence-electron chi connectivity index (χ1n) is 9.38. The van der Waals surface area contributed by atoms with Gasteiger partial charge in [0.1, 0.15) is 10.6 Å². The number of benzene rings is 2. The average Bonchev–Trinajstić information content (AvgIpc) is 3.44. The highest BCUT2D eigenvalue weighted by Gasteiger charge is 2.22. The van der Waals surface area contributed by atoms with Crippen molar-refractivity contribution >= 4 is 45.1 Å². The van der Waals surface area contributed by atoms with Crippen molar-refractivity contribution < 1.29 is 9.21 Å². The molecule has 0 saturated carbocycles. The molecule has 0 fully saturated rings. The van der Waals surface area contributed by atoms with Gasteiger partial charge in [0.2, 0.25) is 5.13 Å². The van der Waals surface area contributed by atoms with Crippen LogP contribution in [0, 0.1) is 0 Å². The maximum Gasteiger partial charge on any atom is 0.293 e. The lowest BCUT2D eigenvalue weighted by Crippen LogP contribution is -2.12. The van der Waals surface area contributed by atoms with Crippen molar-refractivity contribution in [3.63, 3.8) is 0 Å². The molecule has 2 aromatic carbocycles. The molecule has 0 saturated heterocycles. The quantitative estimate of drug-likeness (QED) is 0.280. The highest BCUT2D eigenvalue weighted by molar-refractivity contribution is 7.98. The van der Waals surface area contributed by atoms with Gasteiger partial charge in [-0.05, 0) is 12.1 Å². The Morgan fingerprint density at radius 3 is 2.58 bits per heavy atom. The van der Waals surface area contributed by atoms with Gasteiger partial charge in [-0.3, -0.25) is 10.1 Å². The molecule has 3 aromatic heterocycles. The molecule has 0 bridgehead atoms. The molecule has 1 N–H and O–H groups in total. The standard InChI is InChI=1S/C22H15N5O2S2/c28-19(25-22-27-26-20(31-22)14-7-2-1-3-8-14)18-16(13-30-21-23-11-6-12-24-21)15-9-4-5-10-17(15)29-18/h1-12H,13H2,(H,25,27,28). The summed E-state index contributed by atoms with van der Waals surface area (Å²) in [4.78, 5) is 21.5. The third kappa shape index (κ3) is 4.18. The Morgan fingerprint density at radius 1 is 0.968 bits per heavy atom. The molecule has 0 aliphatic heterocycles. The third-order valence-corrected chi connectivity index (χ3v) is 6.25. The lowest BCUT2D eigenvalue weighted by Gasteiger charge is -2.03. The molecule has 3 heterocycles. The van der Waals surface area contributed by atoms with E-state index >= 15 is 0 Å². The van der Waals surface area contributed by atoms with Crippen LogP contribution in [-0.2, 0) is 5.75 Å². The minimum absolute atomic E-state index is 0.251. The molecule has 7 nitrogen and oxygen atoms in total. The second-order valence-electron chi connectivity index (χ2n) is 6.46. The molecule has 0 unspecified atom stereocenters. The van der Waals surface area contributed by atoms with E-state index in [-0.39, 0.29) is 11.7 Å². The summed E-state index contributed by atoms with van der Waals surface area (Å²) in [6.07, 6.45) is 3.38. The zero-order chi connectivity index (χ0) is 21.0. The van der Waals surface area contributed by atoms with E-state index in [0.717, 1.165) is 21.5 Å². The van der Waals surface area contributed by atoms with Gasteiger partial charge in [-0.1, -0.05) is 71.6 Å². The van der Waals surface area contributed by atoms with E-state index in [4.69, 9.17) is 4.42 Å². The number of aromatic nitrogens is 4. The van der Waals surface area contributed by atoms with Gasteiger partial charge in [-0.25, -0.2) is 9.97 Å². The van der Waals surface area contributed by atoms with Crippen LogP contribution >= 0.6 is 23.1 Å². The van der Waals surface area contributed by atoms with Crippen LogP contribution in [0.15, 0.2) is 82.6 Å². The normalized spacial score (nSPS) is 11.0. The first-order valence-corrected chi connectivity index (χ1v) is 11.2. The van der Waals surface area contributed by atoms with Crippen molar-refractivity contribution in [2.24, 2.45) is 0 Å². The summed E-state index contributed by atoms with van der Waals surface area (Å²) in [5, 5.41) is 13.8. The molecule has 152 valence electrons. The number of nitrogens with one attached hydrogen (secondary N) is 1. The second kappa shape index (κ2) is 8.66. The molecule has 5 aromatic rings. The van der Waals surface area contributed by atoms with Gasteiger partial charge < -0.3 is 4.42 Å². The highest BCUT2D eigenvalue weighted by Crippen LogP contribution is 2.32. The Hall–Kier alpha value is -3.56. The van der Waals surface area contributed by atoms with E-state index in [0.29, 0.717) is 21.6 Å². The molecule has 31 heavy (non-hydrogen) atoms. The van der Waals surface area contributed by atoms with Crippen molar-refractivity contribution in [1.29, 1.82) is 0 Å². The van der Waals surface area contributed by atoms with E-state index in [1.54, 1.807) is 18.5 Å². The summed E-state index contributed by atoms with van der Waals surface area (Å²) >= 11 is 2.76. The van der Waals surface area contributed by atoms with Gasteiger partial charge in [-0.2, -0.15) is 0 Å². The fourth-order valence-corrected chi connectivity index (χ4v) is 4.62. The van der Waals surface area contributed by atoms with E-state index in [1.807, 2.05) is 54.6 Å². The largest absolute Gasteiger partial charge is 0.451 e. The van der Waals surface area contributed by atoms with Crippen LogP contribution in [0.5, 0.6) is 0 Å². The van der Waals surface area contributed by atoms with Crippen LogP contribution in [-0.4, -0.2) is 26.1 Å². The Kier molecular flexibility index (Phi) is 5.42. The van der Waals surface area contributed by atoms with Gasteiger partial charge >= 0.3 is 0 Å². The molecule has 0 spiro atoms. The fourth-order valence-electron chi connectivity index (χ4n) is 3.05. The number of fused-ring (bicyclic) bond motifs is 1. The van der Waals surface area contributed by atoms with Crippen LogP contribution in [0.3, 0.4) is 0 Å². The van der Waals surface area contributed by atoms with Crippen molar-refractivity contribution in [1.82, 2.24) is 20.2 Å². The Bertz CT molecular complexity index is 1340. The Labute approximate surface area is 185 Å². The van der Waals surface area contributed by atoms with Crippen LogP contribution < -0.4 is 5.32 Å². The maximum atomic E-state index is 13.1. The van der Waals surface area contributed by atoms with Crippen LogP contribution in [0.4, 0.5) is 5.13 Å². The molecule has 0 radical (unpaired) electrons. The predicted molar refractivity (Wildman–Crippen MR) is 121 cm³/mol. The van der Waals surface area contributed by atoms with Gasteiger partial charge in [-0.15, -0.1) is 10.2 Å². The topological polar surface area (TPSA) is 93.8 Å². The molecule has 9 heteroatoms. The number of rotatable bonds is 6. The number of anilines is 1. The summed E-state index contributed by atoms with van der Waals surface area (Å²) in [6.45, 7) is 0. The number of hydrogen-bond acceptors (Lipinski definition) is 8. The lowest BCUT2D eigenvalue weighted by molar-refractivity contribution is 0.0997. The lowest BCUT2D eigenvalue weighted by atomic mass is 10.1. The minimum atomic E-state index is -0.364. The third-order valence-electron chi connectivity index (χ3n) is 4.46. The Morgan fingerprint density at radius 2 is 1.74 bits per heavy atom. The van der Waals surface area contributed by atoms with Crippen molar-refractivity contribution in [2.45, 2.75) is 10.9 Å². The summed E-state index contributed by atoms with van der Waals surface area (Å²) in [5.41, 5.74) is 2.39. The molecule has 0 atom stereocenters. The van der Waals surface area contributed by atoms with Gasteiger partial charge in [0.25, 0.3) is 5.91 Å². The zero-order valence-corrected chi connectivity index (χ0v) is 17.7. The molecular weight excluding hydrogens is 430 g/mol. The van der Waals surface area contributed by atoms with E-state index < -0.39 is 0 Å². The molecule has 0 aliphatic carbocycles. The van der Waals surface area contributed by atoms with E-state index in [1.165, 1.54) is 23.1 Å². The highest BCUT2D eigenvalue weighted by atomic mass is 32.2. The van der Waals surface area contributed by atoms with Crippen molar-refractivity contribution in [3.8, 4) is 10.6 Å². The Balaban J connectivity index is 1.41. The van der Waals surface area contributed by atoms with Crippen LogP contribution in [0.2, 0.25) is 0 Å². The number of hydrogen-bond donors (Lipinski definition) is 1. The average molecular weight is 446 g/mol. The number of para-hydroxylation sites is 1. The van der Waals surface area contributed by atoms with E-state index in [9.17, 15) is 4.79 Å². The summed E-state index contributed by atoms with van der Waals surface area (Å²) in [5.74, 6) is 0.382.